The zero-order chi connectivity index (χ0) is 12.1. The van der Waals surface area contributed by atoms with E-state index in [0.29, 0.717) is 17.5 Å². The van der Waals surface area contributed by atoms with E-state index in [4.69, 9.17) is 4.74 Å². The van der Waals surface area contributed by atoms with E-state index in [1.165, 1.54) is 0 Å². The van der Waals surface area contributed by atoms with Crippen LogP contribution in [0.15, 0.2) is 24.8 Å². The first-order valence-electron chi connectivity index (χ1n) is 5.26. The van der Waals surface area contributed by atoms with E-state index >= 15 is 0 Å². The third kappa shape index (κ3) is 2.47. The number of methoxy groups -OCH3 is 1. The Morgan fingerprint density at radius 3 is 2.47 bits per heavy atom. The number of nitrogens with zero attached hydrogens (tertiary/aromatic N) is 4. The van der Waals surface area contributed by atoms with Crippen LogP contribution in [0.1, 0.15) is 6.92 Å². The van der Waals surface area contributed by atoms with Gasteiger partial charge in [-0.15, -0.1) is 0 Å². The van der Waals surface area contributed by atoms with Crippen molar-refractivity contribution in [3.63, 3.8) is 0 Å². The van der Waals surface area contributed by atoms with Crippen molar-refractivity contribution in [1.82, 2.24) is 19.9 Å². The molecule has 6 heteroatoms. The van der Waals surface area contributed by atoms with E-state index in [1.54, 1.807) is 31.9 Å². The number of ether oxygens (including phenoxy) is 1. The summed E-state index contributed by atoms with van der Waals surface area (Å²) in [4.78, 5) is 16.6. The molecule has 2 aromatic heterocycles. The molecule has 0 atom stereocenters. The minimum Gasteiger partial charge on any atom is -0.479 e. The van der Waals surface area contributed by atoms with Gasteiger partial charge in [0.1, 0.15) is 5.69 Å². The van der Waals surface area contributed by atoms with Crippen LogP contribution in [0.5, 0.6) is 5.88 Å². The average Bonchev–Trinajstić information content (AvgIpc) is 2.40. The fourth-order valence-electron chi connectivity index (χ4n) is 1.37. The van der Waals surface area contributed by atoms with E-state index in [0.717, 1.165) is 12.1 Å². The quantitative estimate of drug-likeness (QED) is 0.856. The Bertz CT molecular complexity index is 485. The van der Waals surface area contributed by atoms with Crippen LogP contribution in [0, 0.1) is 0 Å². The van der Waals surface area contributed by atoms with Gasteiger partial charge < -0.3 is 10.1 Å². The Morgan fingerprint density at radius 1 is 1.12 bits per heavy atom. The van der Waals surface area contributed by atoms with Gasteiger partial charge in [-0.1, -0.05) is 0 Å². The lowest BCUT2D eigenvalue weighted by Crippen LogP contribution is -2.02. The number of aromatic nitrogens is 4. The highest BCUT2D eigenvalue weighted by molar-refractivity contribution is 5.62. The van der Waals surface area contributed by atoms with Crippen molar-refractivity contribution in [2.24, 2.45) is 0 Å². The number of anilines is 1. The topological polar surface area (TPSA) is 72.8 Å². The highest BCUT2D eigenvalue weighted by atomic mass is 16.5. The van der Waals surface area contributed by atoms with Crippen LogP contribution in [-0.2, 0) is 0 Å². The van der Waals surface area contributed by atoms with E-state index < -0.39 is 0 Å². The molecule has 2 heterocycles. The van der Waals surface area contributed by atoms with Crippen LogP contribution in [0.3, 0.4) is 0 Å². The summed E-state index contributed by atoms with van der Waals surface area (Å²) in [5.74, 6) is 1.06. The van der Waals surface area contributed by atoms with Crippen LogP contribution in [0.2, 0.25) is 0 Å². The van der Waals surface area contributed by atoms with Crippen molar-refractivity contribution in [2.75, 3.05) is 19.0 Å². The maximum atomic E-state index is 5.13. The standard InChI is InChI=1S/C11H13N5O/c1-3-12-11-15-6-8(7-16-11)9-10(17-2)14-5-4-13-9/h4-7H,3H2,1-2H3,(H,12,15,16). The molecule has 0 aliphatic rings. The fourth-order valence-corrected chi connectivity index (χ4v) is 1.37. The minimum absolute atomic E-state index is 0.465. The lowest BCUT2D eigenvalue weighted by Gasteiger charge is -2.06. The second-order valence-corrected chi connectivity index (χ2v) is 3.24. The molecule has 0 saturated heterocycles. The van der Waals surface area contributed by atoms with Gasteiger partial charge in [0.15, 0.2) is 0 Å². The smallest absolute Gasteiger partial charge is 0.240 e. The van der Waals surface area contributed by atoms with Gasteiger partial charge in [-0.3, -0.25) is 0 Å². The second-order valence-electron chi connectivity index (χ2n) is 3.24. The molecule has 0 aliphatic carbocycles. The molecule has 0 radical (unpaired) electrons. The highest BCUT2D eigenvalue weighted by Crippen LogP contribution is 2.23. The van der Waals surface area contributed by atoms with Gasteiger partial charge >= 0.3 is 0 Å². The Kier molecular flexibility index (Phi) is 3.44. The van der Waals surface area contributed by atoms with Gasteiger partial charge in [-0.2, -0.15) is 0 Å². The molecular formula is C11H13N5O. The predicted octanol–water partition coefficient (Wildman–Crippen LogP) is 1.37. The monoisotopic (exact) mass is 231 g/mol. The van der Waals surface area contributed by atoms with Gasteiger partial charge in [-0.25, -0.2) is 19.9 Å². The van der Waals surface area contributed by atoms with Crippen LogP contribution in [-0.4, -0.2) is 33.6 Å². The molecule has 2 rings (SSSR count). The summed E-state index contributed by atoms with van der Waals surface area (Å²) >= 11 is 0. The SMILES string of the molecule is CCNc1ncc(-c2nccnc2OC)cn1. The Labute approximate surface area is 99.1 Å². The first-order chi connectivity index (χ1) is 8.35. The molecule has 0 aliphatic heterocycles. The summed E-state index contributed by atoms with van der Waals surface area (Å²) in [5, 5.41) is 3.03. The largest absolute Gasteiger partial charge is 0.479 e. The van der Waals surface area contributed by atoms with Gasteiger partial charge in [0.05, 0.1) is 7.11 Å². The maximum absolute atomic E-state index is 5.13. The Hall–Kier alpha value is -2.24. The number of hydrogen-bond donors (Lipinski definition) is 1. The third-order valence-corrected chi connectivity index (χ3v) is 2.12. The molecule has 1 N–H and O–H groups in total. The summed E-state index contributed by atoms with van der Waals surface area (Å²) in [6.07, 6.45) is 6.57. The third-order valence-electron chi connectivity index (χ3n) is 2.12. The van der Waals surface area contributed by atoms with Crippen molar-refractivity contribution in [2.45, 2.75) is 6.92 Å². The summed E-state index contributed by atoms with van der Waals surface area (Å²) in [7, 11) is 1.56. The Balaban J connectivity index is 2.33. The molecule has 17 heavy (non-hydrogen) atoms. The number of nitrogens with one attached hydrogen (secondary N) is 1. The molecule has 0 fully saturated rings. The average molecular weight is 231 g/mol. The second kappa shape index (κ2) is 5.20. The first kappa shape index (κ1) is 11.3. The molecule has 0 saturated carbocycles. The van der Waals surface area contributed by atoms with E-state index in [-0.39, 0.29) is 0 Å². The minimum atomic E-state index is 0.465. The van der Waals surface area contributed by atoms with Crippen molar-refractivity contribution in [1.29, 1.82) is 0 Å². The van der Waals surface area contributed by atoms with E-state index in [1.807, 2.05) is 6.92 Å². The Morgan fingerprint density at radius 2 is 1.82 bits per heavy atom. The summed E-state index contributed by atoms with van der Waals surface area (Å²) in [5.41, 5.74) is 1.41. The molecular weight excluding hydrogens is 218 g/mol. The maximum Gasteiger partial charge on any atom is 0.240 e. The van der Waals surface area contributed by atoms with Crippen LogP contribution in [0.4, 0.5) is 5.95 Å². The molecule has 0 aromatic carbocycles. The highest BCUT2D eigenvalue weighted by Gasteiger charge is 2.08. The summed E-state index contributed by atoms with van der Waals surface area (Å²) in [6.45, 7) is 2.77. The van der Waals surface area contributed by atoms with Crippen LogP contribution < -0.4 is 10.1 Å². The van der Waals surface area contributed by atoms with Crippen molar-refractivity contribution in [3.8, 4) is 17.1 Å². The van der Waals surface area contributed by atoms with Crippen LogP contribution in [0.25, 0.3) is 11.3 Å². The van der Waals surface area contributed by atoms with E-state index in [2.05, 4.69) is 25.3 Å². The zero-order valence-electron chi connectivity index (χ0n) is 9.71. The number of rotatable bonds is 4. The van der Waals surface area contributed by atoms with Crippen molar-refractivity contribution in [3.05, 3.63) is 24.8 Å². The van der Waals surface area contributed by atoms with Gasteiger partial charge in [0.2, 0.25) is 11.8 Å². The fraction of sp³-hybridized carbons (Fsp3) is 0.273. The normalized spacial score (nSPS) is 10.0. The van der Waals surface area contributed by atoms with Gasteiger partial charge in [-0.05, 0) is 6.92 Å². The lowest BCUT2D eigenvalue weighted by molar-refractivity contribution is 0.397. The first-order valence-corrected chi connectivity index (χ1v) is 5.26. The molecule has 88 valence electrons. The van der Waals surface area contributed by atoms with Crippen molar-refractivity contribution >= 4 is 5.95 Å². The zero-order valence-corrected chi connectivity index (χ0v) is 9.71. The molecule has 0 amide bonds. The van der Waals surface area contributed by atoms with Gasteiger partial charge in [0.25, 0.3) is 0 Å². The van der Waals surface area contributed by atoms with E-state index in [9.17, 15) is 0 Å². The summed E-state index contributed by atoms with van der Waals surface area (Å²) < 4.78 is 5.13. The summed E-state index contributed by atoms with van der Waals surface area (Å²) in [6, 6.07) is 0. The number of hydrogen-bond acceptors (Lipinski definition) is 6. The van der Waals surface area contributed by atoms with Gasteiger partial charge in [0, 0.05) is 36.9 Å². The van der Waals surface area contributed by atoms with Crippen molar-refractivity contribution < 1.29 is 4.74 Å². The molecule has 0 spiro atoms. The predicted molar refractivity (Wildman–Crippen MR) is 63.8 cm³/mol. The lowest BCUT2D eigenvalue weighted by atomic mass is 10.2. The molecule has 2 aromatic rings. The molecule has 6 nitrogen and oxygen atoms in total. The molecule has 0 bridgehead atoms. The van der Waals surface area contributed by atoms with Crippen LogP contribution >= 0.6 is 0 Å². The molecule has 0 unspecified atom stereocenters.